The van der Waals surface area contributed by atoms with Crippen LogP contribution in [0.1, 0.15) is 13.8 Å². The van der Waals surface area contributed by atoms with Crippen molar-refractivity contribution >= 4 is 23.5 Å². The van der Waals surface area contributed by atoms with E-state index < -0.39 is 11.8 Å². The molecule has 0 saturated carbocycles. The Kier molecular flexibility index (Phi) is 5.69. The number of allylic oxidation sites excluding steroid dienone is 2. The predicted molar refractivity (Wildman–Crippen MR) is 119 cm³/mol. The molecule has 0 saturated heterocycles. The summed E-state index contributed by atoms with van der Waals surface area (Å²) in [4.78, 5) is 16.0. The Labute approximate surface area is 184 Å². The van der Waals surface area contributed by atoms with Gasteiger partial charge < -0.3 is 20.1 Å². The fourth-order valence-electron chi connectivity index (χ4n) is 3.00. The Bertz CT molecular complexity index is 1120. The first-order valence-corrected chi connectivity index (χ1v) is 9.85. The topological polar surface area (TPSA) is 99.3 Å². The minimum atomic E-state index is -1.67. The summed E-state index contributed by atoms with van der Waals surface area (Å²) in [6.45, 7) is 3.22. The fraction of sp³-hybridized carbons (Fsp3) is 0.182. The van der Waals surface area contributed by atoms with Gasteiger partial charge in [0.05, 0.1) is 11.9 Å². The Balaban J connectivity index is 1.59. The standard InChI is InChI=1S/C22H23FN6O3/c1-14-12-24-19-11-16(9-10-20(19)31-14)26-21-18(23)13-25-22(27-21,28-29(3)15(2)30)32-17-7-5-4-6-8-17/h4-13,24,26-28H,1-3H3. The molecule has 2 heterocycles. The normalized spacial score (nSPS) is 19.1. The van der Waals surface area contributed by atoms with Crippen molar-refractivity contribution in [2.24, 2.45) is 4.99 Å². The van der Waals surface area contributed by atoms with E-state index in [1.54, 1.807) is 48.7 Å². The smallest absolute Gasteiger partial charge is 0.362 e. The molecular formula is C22H23FN6O3. The zero-order valence-corrected chi connectivity index (χ0v) is 17.8. The summed E-state index contributed by atoms with van der Waals surface area (Å²) in [5.74, 6) is -0.733. The van der Waals surface area contributed by atoms with Gasteiger partial charge in [-0.25, -0.2) is 9.38 Å². The summed E-state index contributed by atoms with van der Waals surface area (Å²) in [6, 6.07) is 14.2. The lowest BCUT2D eigenvalue weighted by Crippen LogP contribution is -2.66. The molecule has 0 bridgehead atoms. The van der Waals surface area contributed by atoms with Gasteiger partial charge in [0.25, 0.3) is 0 Å². The average Bonchev–Trinajstić information content (AvgIpc) is 2.77. The highest BCUT2D eigenvalue weighted by molar-refractivity contribution is 5.80. The number of hydrogen-bond acceptors (Lipinski definition) is 8. The fourth-order valence-corrected chi connectivity index (χ4v) is 3.00. The third-order valence-corrected chi connectivity index (χ3v) is 4.64. The zero-order valence-electron chi connectivity index (χ0n) is 17.8. The monoisotopic (exact) mass is 438 g/mol. The molecule has 9 nitrogen and oxygen atoms in total. The highest BCUT2D eigenvalue weighted by Gasteiger charge is 2.38. The SMILES string of the molecule is CC(=O)N(C)NC1(Oc2ccccc2)N=CC(F)=C(Nc2ccc3c(c2)NC=C(C)O3)N1. The number of aliphatic imine (C=N–C) groups is 1. The summed E-state index contributed by atoms with van der Waals surface area (Å²) in [5.41, 5.74) is 4.16. The second-order valence-corrected chi connectivity index (χ2v) is 7.19. The lowest BCUT2D eigenvalue weighted by molar-refractivity contribution is -0.138. The van der Waals surface area contributed by atoms with E-state index in [1.807, 2.05) is 13.0 Å². The van der Waals surface area contributed by atoms with Crippen LogP contribution < -0.4 is 30.8 Å². The molecule has 2 aromatic carbocycles. The van der Waals surface area contributed by atoms with Crippen LogP contribution in [0.4, 0.5) is 15.8 Å². The van der Waals surface area contributed by atoms with Crippen molar-refractivity contribution in [1.29, 1.82) is 0 Å². The second-order valence-electron chi connectivity index (χ2n) is 7.19. The quantitative estimate of drug-likeness (QED) is 0.406. The Hall–Kier alpha value is -4.05. The maximum Gasteiger partial charge on any atom is 0.362 e. The number of ether oxygens (including phenoxy) is 2. The molecule has 0 radical (unpaired) electrons. The van der Waals surface area contributed by atoms with Crippen LogP contribution in [-0.4, -0.2) is 30.2 Å². The zero-order chi connectivity index (χ0) is 22.7. The van der Waals surface area contributed by atoms with E-state index in [0.717, 1.165) is 17.7 Å². The summed E-state index contributed by atoms with van der Waals surface area (Å²) in [7, 11) is 1.52. The number of hydrogen-bond donors (Lipinski definition) is 4. The Morgan fingerprint density at radius 1 is 1.25 bits per heavy atom. The number of nitrogens with zero attached hydrogens (tertiary/aromatic N) is 2. The molecule has 4 N–H and O–H groups in total. The molecule has 0 aromatic heterocycles. The number of carbonyl (C=O) groups excluding carboxylic acids is 1. The van der Waals surface area contributed by atoms with E-state index >= 15 is 0 Å². The van der Waals surface area contributed by atoms with Gasteiger partial charge in [-0.1, -0.05) is 18.2 Å². The van der Waals surface area contributed by atoms with Gasteiger partial charge >= 0.3 is 5.97 Å². The molecule has 2 aliphatic heterocycles. The van der Waals surface area contributed by atoms with Crippen molar-refractivity contribution < 1.29 is 18.7 Å². The van der Waals surface area contributed by atoms with E-state index in [4.69, 9.17) is 9.47 Å². The summed E-state index contributed by atoms with van der Waals surface area (Å²) in [6.07, 6.45) is 2.76. The number of carbonyl (C=O) groups is 1. The molecule has 2 aliphatic rings. The number of halogens is 1. The van der Waals surface area contributed by atoms with Crippen LogP contribution in [0.15, 0.2) is 77.1 Å². The van der Waals surface area contributed by atoms with Crippen LogP contribution in [0.5, 0.6) is 11.5 Å². The minimum absolute atomic E-state index is 0.00350. The molecule has 10 heteroatoms. The van der Waals surface area contributed by atoms with Crippen molar-refractivity contribution in [3.05, 3.63) is 72.1 Å². The third-order valence-electron chi connectivity index (χ3n) is 4.64. The molecule has 1 unspecified atom stereocenters. The van der Waals surface area contributed by atoms with Gasteiger partial charge in [-0.05, 0) is 37.3 Å². The first kappa shape index (κ1) is 21.2. The van der Waals surface area contributed by atoms with Crippen molar-refractivity contribution in [1.82, 2.24) is 15.8 Å². The van der Waals surface area contributed by atoms with E-state index in [9.17, 15) is 9.18 Å². The van der Waals surface area contributed by atoms with Gasteiger partial charge in [0.1, 0.15) is 17.3 Å². The number of hydrazine groups is 1. The van der Waals surface area contributed by atoms with E-state index in [-0.39, 0.29) is 11.7 Å². The van der Waals surface area contributed by atoms with Crippen molar-refractivity contribution in [3.63, 3.8) is 0 Å². The van der Waals surface area contributed by atoms with Crippen LogP contribution in [-0.2, 0) is 4.79 Å². The number of para-hydroxylation sites is 1. The Morgan fingerprint density at radius 2 is 2.03 bits per heavy atom. The summed E-state index contributed by atoms with van der Waals surface area (Å²) < 4.78 is 26.3. The van der Waals surface area contributed by atoms with E-state index in [1.165, 1.54) is 19.0 Å². The minimum Gasteiger partial charge on any atom is -0.458 e. The first-order chi connectivity index (χ1) is 15.3. The van der Waals surface area contributed by atoms with E-state index in [0.29, 0.717) is 17.2 Å². The van der Waals surface area contributed by atoms with E-state index in [2.05, 4.69) is 26.4 Å². The van der Waals surface area contributed by atoms with Gasteiger partial charge in [-0.3, -0.25) is 15.1 Å². The Morgan fingerprint density at radius 3 is 2.78 bits per heavy atom. The van der Waals surface area contributed by atoms with Crippen molar-refractivity contribution in [2.45, 2.75) is 19.8 Å². The lowest BCUT2D eigenvalue weighted by Gasteiger charge is -2.37. The highest BCUT2D eigenvalue weighted by Crippen LogP contribution is 2.33. The molecule has 0 aliphatic carbocycles. The average molecular weight is 438 g/mol. The van der Waals surface area contributed by atoms with Crippen LogP contribution in [0.25, 0.3) is 0 Å². The number of fused-ring (bicyclic) bond motifs is 1. The third kappa shape index (κ3) is 4.65. The maximum absolute atomic E-state index is 14.7. The molecule has 1 atom stereocenters. The van der Waals surface area contributed by atoms with Gasteiger partial charge in [0, 0.05) is 25.9 Å². The van der Waals surface area contributed by atoms with Crippen molar-refractivity contribution in [2.75, 3.05) is 17.7 Å². The number of benzene rings is 2. The molecule has 166 valence electrons. The highest BCUT2D eigenvalue weighted by atomic mass is 19.1. The molecule has 0 fully saturated rings. The number of amides is 1. The van der Waals surface area contributed by atoms with Crippen LogP contribution in [0, 0.1) is 0 Å². The maximum atomic E-state index is 14.7. The van der Waals surface area contributed by atoms with Crippen LogP contribution >= 0.6 is 0 Å². The summed E-state index contributed by atoms with van der Waals surface area (Å²) >= 11 is 0. The number of nitrogens with one attached hydrogen (secondary N) is 4. The van der Waals surface area contributed by atoms with Gasteiger partial charge in [0.2, 0.25) is 5.91 Å². The number of rotatable bonds is 6. The number of anilines is 2. The van der Waals surface area contributed by atoms with Gasteiger partial charge in [0.15, 0.2) is 11.6 Å². The largest absolute Gasteiger partial charge is 0.458 e. The molecule has 1 amide bonds. The van der Waals surface area contributed by atoms with Crippen LogP contribution in [0.3, 0.4) is 0 Å². The molecule has 32 heavy (non-hydrogen) atoms. The van der Waals surface area contributed by atoms with Gasteiger partial charge in [-0.15, -0.1) is 0 Å². The summed E-state index contributed by atoms with van der Waals surface area (Å²) in [5, 5.41) is 10.2. The molecule has 2 aromatic rings. The predicted octanol–water partition coefficient (Wildman–Crippen LogP) is 3.25. The molecular weight excluding hydrogens is 415 g/mol. The molecule has 4 rings (SSSR count). The second kappa shape index (κ2) is 8.60. The first-order valence-electron chi connectivity index (χ1n) is 9.85. The van der Waals surface area contributed by atoms with Crippen molar-refractivity contribution in [3.8, 4) is 11.5 Å². The lowest BCUT2D eigenvalue weighted by atomic mass is 10.2. The van der Waals surface area contributed by atoms with Gasteiger partial charge in [-0.2, -0.15) is 5.43 Å². The molecule has 0 spiro atoms. The van der Waals surface area contributed by atoms with Crippen LogP contribution in [0.2, 0.25) is 0 Å².